The number of amides is 1. The van der Waals surface area contributed by atoms with Crippen LogP contribution >= 0.6 is 0 Å². The average Bonchev–Trinajstić information content (AvgIpc) is 3.30. The van der Waals surface area contributed by atoms with Crippen molar-refractivity contribution < 1.29 is 14.3 Å². The molecule has 31 heavy (non-hydrogen) atoms. The number of hydrogen-bond acceptors (Lipinski definition) is 6. The van der Waals surface area contributed by atoms with Crippen molar-refractivity contribution in [3.8, 4) is 11.5 Å². The number of benzene rings is 1. The molecule has 6 rings (SSSR count). The maximum atomic E-state index is 13.9. The third-order valence-corrected chi connectivity index (χ3v) is 8.08. The number of carbonyl (C=O) groups excluding carboxylic acids is 1. The molecule has 2 aromatic heterocycles. The summed E-state index contributed by atoms with van der Waals surface area (Å²) in [5, 5.41) is 3.08. The number of aryl methyl sites for hydroxylation is 1. The molecule has 1 saturated carbocycles. The van der Waals surface area contributed by atoms with Gasteiger partial charge in [0.2, 0.25) is 12.7 Å². The van der Waals surface area contributed by atoms with Crippen LogP contribution in [0.25, 0.3) is 11.0 Å². The number of anilines is 1. The molecule has 0 saturated heterocycles. The van der Waals surface area contributed by atoms with Crippen LogP contribution in [0, 0.1) is 12.3 Å². The normalized spacial score (nSPS) is 26.8. The first-order chi connectivity index (χ1) is 14.8. The number of fused-ring (bicyclic) bond motifs is 7. The summed E-state index contributed by atoms with van der Waals surface area (Å²) in [6, 6.07) is 7.55. The molecule has 0 spiro atoms. The minimum atomic E-state index is -0.778. The van der Waals surface area contributed by atoms with Crippen LogP contribution in [-0.2, 0) is 15.6 Å². The van der Waals surface area contributed by atoms with Gasteiger partial charge in [0.05, 0.1) is 27.8 Å². The third-order valence-electron chi connectivity index (χ3n) is 8.08. The molecule has 7 heteroatoms. The van der Waals surface area contributed by atoms with Gasteiger partial charge in [-0.25, -0.2) is 15.0 Å². The molecule has 1 N–H and O–H groups in total. The van der Waals surface area contributed by atoms with Crippen LogP contribution in [0.2, 0.25) is 0 Å². The molecule has 1 aliphatic heterocycles. The van der Waals surface area contributed by atoms with Crippen molar-refractivity contribution >= 4 is 22.8 Å². The Morgan fingerprint density at radius 1 is 1.00 bits per heavy atom. The number of ether oxygens (including phenoxy) is 2. The summed E-state index contributed by atoms with van der Waals surface area (Å²) in [6.45, 7) is 8.74. The Hall–Kier alpha value is -3.22. The fraction of sp³-hybridized carbons (Fsp3) is 0.417. The van der Waals surface area contributed by atoms with Crippen LogP contribution in [0.1, 0.15) is 50.6 Å². The highest BCUT2D eigenvalue weighted by atomic mass is 16.7. The molecule has 0 radical (unpaired) electrons. The summed E-state index contributed by atoms with van der Waals surface area (Å²) in [7, 11) is 0. The molecule has 2 atom stereocenters. The van der Waals surface area contributed by atoms with Crippen molar-refractivity contribution in [2.75, 3.05) is 12.1 Å². The highest BCUT2D eigenvalue weighted by Gasteiger charge is 2.73. The van der Waals surface area contributed by atoms with E-state index >= 15 is 0 Å². The highest BCUT2D eigenvalue weighted by Crippen LogP contribution is 2.70. The monoisotopic (exact) mass is 416 g/mol. The van der Waals surface area contributed by atoms with Crippen LogP contribution < -0.4 is 14.8 Å². The Balaban J connectivity index is 1.54. The van der Waals surface area contributed by atoms with Gasteiger partial charge in [-0.05, 0) is 42.9 Å². The Bertz CT molecular complexity index is 1290. The van der Waals surface area contributed by atoms with E-state index in [0.29, 0.717) is 17.3 Å². The number of carbonyl (C=O) groups is 1. The predicted octanol–water partition coefficient (Wildman–Crippen LogP) is 4.03. The van der Waals surface area contributed by atoms with Crippen LogP contribution in [0.4, 0.5) is 5.82 Å². The van der Waals surface area contributed by atoms with E-state index in [9.17, 15) is 4.79 Å². The number of pyridine rings is 1. The number of rotatable bonds is 2. The van der Waals surface area contributed by atoms with Gasteiger partial charge in [0.25, 0.3) is 0 Å². The quantitative estimate of drug-likeness (QED) is 0.679. The van der Waals surface area contributed by atoms with E-state index in [0.717, 1.165) is 40.8 Å². The maximum Gasteiger partial charge on any atom is 0.238 e. The van der Waals surface area contributed by atoms with Crippen molar-refractivity contribution in [1.29, 1.82) is 0 Å². The standard InChI is InChI=1S/C24H24N4O3/c1-13-5-8-25-18(9-13)28-21(29)24-7-6-23(4,22(24,2)3)19-20(24)27-15-11-17-16(30-12-31-17)10-14(15)26-19/h5,8-11H,6-7,12H2,1-4H3,(H,25,28,29). The lowest BCUT2D eigenvalue weighted by Crippen LogP contribution is -2.48. The zero-order valence-corrected chi connectivity index (χ0v) is 18.1. The second kappa shape index (κ2) is 5.72. The second-order valence-electron chi connectivity index (χ2n) is 9.65. The summed E-state index contributed by atoms with van der Waals surface area (Å²) in [5.41, 5.74) is 2.84. The molecule has 158 valence electrons. The molecule has 2 aliphatic carbocycles. The van der Waals surface area contributed by atoms with Crippen LogP contribution in [0.5, 0.6) is 11.5 Å². The van der Waals surface area contributed by atoms with E-state index in [-0.39, 0.29) is 23.5 Å². The van der Waals surface area contributed by atoms with E-state index in [4.69, 9.17) is 19.4 Å². The van der Waals surface area contributed by atoms with Crippen LogP contribution in [0.15, 0.2) is 30.5 Å². The Labute approximate surface area is 180 Å². The van der Waals surface area contributed by atoms with Crippen molar-refractivity contribution in [3.63, 3.8) is 0 Å². The largest absolute Gasteiger partial charge is 0.454 e. The zero-order valence-electron chi connectivity index (χ0n) is 18.1. The maximum absolute atomic E-state index is 13.9. The van der Waals surface area contributed by atoms with Gasteiger partial charge in [-0.1, -0.05) is 20.8 Å². The molecule has 7 nitrogen and oxygen atoms in total. The van der Waals surface area contributed by atoms with Crippen molar-refractivity contribution in [3.05, 3.63) is 47.4 Å². The zero-order chi connectivity index (χ0) is 21.6. The smallest absolute Gasteiger partial charge is 0.238 e. The lowest BCUT2D eigenvalue weighted by molar-refractivity contribution is -0.125. The number of aromatic nitrogens is 3. The number of hydrogen-bond donors (Lipinski definition) is 1. The van der Waals surface area contributed by atoms with Crippen LogP contribution in [-0.4, -0.2) is 27.7 Å². The first-order valence-corrected chi connectivity index (χ1v) is 10.6. The minimum absolute atomic E-state index is 0.0625. The van der Waals surface area contributed by atoms with E-state index < -0.39 is 5.41 Å². The van der Waals surface area contributed by atoms with Crippen molar-refractivity contribution in [2.24, 2.45) is 5.41 Å². The van der Waals surface area contributed by atoms with E-state index in [1.54, 1.807) is 6.20 Å². The fourth-order valence-electron chi connectivity index (χ4n) is 5.82. The van der Waals surface area contributed by atoms with Gasteiger partial charge in [0, 0.05) is 23.7 Å². The summed E-state index contributed by atoms with van der Waals surface area (Å²) in [5.74, 6) is 1.85. The first kappa shape index (κ1) is 18.5. The molecule has 3 aliphatic rings. The minimum Gasteiger partial charge on any atom is -0.454 e. The summed E-state index contributed by atoms with van der Waals surface area (Å²) < 4.78 is 11.1. The van der Waals surface area contributed by atoms with E-state index in [2.05, 4.69) is 31.1 Å². The Morgan fingerprint density at radius 2 is 1.68 bits per heavy atom. The molecule has 1 aromatic carbocycles. The SMILES string of the molecule is Cc1ccnc(NC(=O)C23CCC(C)(c4nc5cc6c(cc5nc42)OCO6)C3(C)C)c1. The summed E-state index contributed by atoms with van der Waals surface area (Å²) in [4.78, 5) is 28.3. The molecule has 2 bridgehead atoms. The van der Waals surface area contributed by atoms with E-state index in [1.807, 2.05) is 31.2 Å². The number of nitrogens with one attached hydrogen (secondary N) is 1. The van der Waals surface area contributed by atoms with Crippen molar-refractivity contribution in [2.45, 2.75) is 51.4 Å². The summed E-state index contributed by atoms with van der Waals surface area (Å²) in [6.07, 6.45) is 3.32. The lowest BCUT2D eigenvalue weighted by atomic mass is 9.63. The van der Waals surface area contributed by atoms with Crippen LogP contribution in [0.3, 0.4) is 0 Å². The predicted molar refractivity (Wildman–Crippen MR) is 115 cm³/mol. The summed E-state index contributed by atoms with van der Waals surface area (Å²) >= 11 is 0. The first-order valence-electron chi connectivity index (χ1n) is 10.6. The number of nitrogens with zero attached hydrogens (tertiary/aromatic N) is 3. The Kier molecular flexibility index (Phi) is 3.42. The van der Waals surface area contributed by atoms with Gasteiger partial charge in [-0.15, -0.1) is 0 Å². The van der Waals surface area contributed by atoms with Gasteiger partial charge in [0.1, 0.15) is 5.82 Å². The van der Waals surface area contributed by atoms with Gasteiger partial charge < -0.3 is 14.8 Å². The molecule has 1 fully saturated rings. The fourth-order valence-corrected chi connectivity index (χ4v) is 5.82. The molecular formula is C24H24N4O3. The second-order valence-corrected chi connectivity index (χ2v) is 9.65. The average molecular weight is 416 g/mol. The van der Waals surface area contributed by atoms with Gasteiger partial charge >= 0.3 is 0 Å². The molecule has 3 heterocycles. The lowest BCUT2D eigenvalue weighted by Gasteiger charge is -2.39. The van der Waals surface area contributed by atoms with E-state index in [1.165, 1.54) is 0 Å². The topological polar surface area (TPSA) is 86.2 Å². The molecule has 2 unspecified atom stereocenters. The molecule has 1 amide bonds. The van der Waals surface area contributed by atoms with Crippen molar-refractivity contribution in [1.82, 2.24) is 15.0 Å². The molecular weight excluding hydrogens is 392 g/mol. The third kappa shape index (κ3) is 2.13. The Morgan fingerprint density at radius 3 is 2.35 bits per heavy atom. The van der Waals surface area contributed by atoms with Gasteiger partial charge in [-0.2, -0.15) is 0 Å². The highest BCUT2D eigenvalue weighted by molar-refractivity contribution is 6.01. The van der Waals surface area contributed by atoms with Gasteiger partial charge in [-0.3, -0.25) is 4.79 Å². The van der Waals surface area contributed by atoms with Gasteiger partial charge in [0.15, 0.2) is 11.5 Å². The molecule has 3 aromatic rings.